The van der Waals surface area contributed by atoms with Gasteiger partial charge in [0.15, 0.2) is 0 Å². The highest BCUT2D eigenvalue weighted by Crippen LogP contribution is 2.11. The number of amides is 2. The van der Waals surface area contributed by atoms with Crippen LogP contribution in [0.4, 0.5) is 5.69 Å². The minimum absolute atomic E-state index is 0.0328. The SMILES string of the molecule is CN(C)Cc1cccc(NC(=O)C(=O)NCC(O)CN(C)C)c1. The van der Waals surface area contributed by atoms with E-state index in [4.69, 9.17) is 0 Å². The van der Waals surface area contributed by atoms with Gasteiger partial charge in [-0.2, -0.15) is 0 Å². The van der Waals surface area contributed by atoms with Crippen LogP contribution >= 0.6 is 0 Å². The topological polar surface area (TPSA) is 84.9 Å². The molecule has 2 amide bonds. The van der Waals surface area contributed by atoms with Crippen LogP contribution in [0.3, 0.4) is 0 Å². The largest absolute Gasteiger partial charge is 0.390 e. The van der Waals surface area contributed by atoms with Crippen LogP contribution in [0.25, 0.3) is 0 Å². The molecule has 0 bridgehead atoms. The molecule has 0 fully saturated rings. The third kappa shape index (κ3) is 7.73. The second kappa shape index (κ2) is 9.24. The van der Waals surface area contributed by atoms with Crippen molar-refractivity contribution in [3.05, 3.63) is 29.8 Å². The van der Waals surface area contributed by atoms with E-state index in [1.54, 1.807) is 11.0 Å². The maximum absolute atomic E-state index is 11.9. The van der Waals surface area contributed by atoms with E-state index in [1.165, 1.54) is 0 Å². The van der Waals surface area contributed by atoms with Crippen molar-refractivity contribution in [2.75, 3.05) is 46.6 Å². The number of anilines is 1. The van der Waals surface area contributed by atoms with E-state index in [-0.39, 0.29) is 6.54 Å². The van der Waals surface area contributed by atoms with Gasteiger partial charge >= 0.3 is 11.8 Å². The Morgan fingerprint density at radius 1 is 1.13 bits per heavy atom. The number of hydrogen-bond acceptors (Lipinski definition) is 5. The van der Waals surface area contributed by atoms with Crippen molar-refractivity contribution in [3.8, 4) is 0 Å². The molecule has 0 heterocycles. The molecule has 0 aliphatic carbocycles. The molecule has 23 heavy (non-hydrogen) atoms. The summed E-state index contributed by atoms with van der Waals surface area (Å²) < 4.78 is 0. The van der Waals surface area contributed by atoms with E-state index in [0.29, 0.717) is 12.2 Å². The van der Waals surface area contributed by atoms with Crippen molar-refractivity contribution >= 4 is 17.5 Å². The van der Waals surface area contributed by atoms with E-state index >= 15 is 0 Å². The van der Waals surface area contributed by atoms with Gasteiger partial charge in [0, 0.05) is 25.3 Å². The van der Waals surface area contributed by atoms with E-state index < -0.39 is 17.9 Å². The van der Waals surface area contributed by atoms with Crippen molar-refractivity contribution in [3.63, 3.8) is 0 Å². The van der Waals surface area contributed by atoms with Crippen molar-refractivity contribution in [1.82, 2.24) is 15.1 Å². The number of carbonyl (C=O) groups is 2. The lowest BCUT2D eigenvalue weighted by Gasteiger charge is -2.16. The number of nitrogens with one attached hydrogen (secondary N) is 2. The Labute approximate surface area is 137 Å². The highest BCUT2D eigenvalue weighted by Gasteiger charge is 2.15. The average molecular weight is 322 g/mol. The highest BCUT2D eigenvalue weighted by molar-refractivity contribution is 6.39. The molecule has 7 nitrogen and oxygen atoms in total. The molecular formula is C16H26N4O3. The van der Waals surface area contributed by atoms with Crippen LogP contribution in [-0.4, -0.2) is 74.1 Å². The van der Waals surface area contributed by atoms with E-state index in [0.717, 1.165) is 12.1 Å². The Morgan fingerprint density at radius 2 is 1.83 bits per heavy atom. The average Bonchev–Trinajstić information content (AvgIpc) is 2.43. The summed E-state index contributed by atoms with van der Waals surface area (Å²) in [6.45, 7) is 1.19. The fourth-order valence-corrected chi connectivity index (χ4v) is 2.08. The Balaban J connectivity index is 2.50. The molecule has 128 valence electrons. The molecule has 0 aliphatic rings. The lowest BCUT2D eigenvalue weighted by Crippen LogP contribution is -2.42. The first kappa shape index (κ1) is 19.1. The van der Waals surface area contributed by atoms with Gasteiger partial charge in [-0.15, -0.1) is 0 Å². The molecule has 0 saturated heterocycles. The van der Waals surface area contributed by atoms with Crippen LogP contribution in [0.15, 0.2) is 24.3 Å². The predicted octanol–water partition coefficient (Wildman–Crippen LogP) is -0.275. The highest BCUT2D eigenvalue weighted by atomic mass is 16.3. The number of benzene rings is 1. The minimum Gasteiger partial charge on any atom is -0.390 e. The first-order chi connectivity index (χ1) is 10.8. The fourth-order valence-electron chi connectivity index (χ4n) is 2.08. The number of likely N-dealkylation sites (N-methyl/N-ethyl adjacent to an activating group) is 1. The van der Waals surface area contributed by atoms with Gasteiger partial charge in [-0.3, -0.25) is 9.59 Å². The summed E-state index contributed by atoms with van der Waals surface area (Å²) in [5.74, 6) is -1.51. The van der Waals surface area contributed by atoms with E-state index in [2.05, 4.69) is 10.6 Å². The van der Waals surface area contributed by atoms with Crippen LogP contribution in [0.2, 0.25) is 0 Å². The number of rotatable bonds is 7. The van der Waals surface area contributed by atoms with Gasteiger partial charge < -0.3 is 25.5 Å². The molecule has 0 radical (unpaired) electrons. The van der Waals surface area contributed by atoms with Crippen molar-refractivity contribution < 1.29 is 14.7 Å². The third-order valence-corrected chi connectivity index (χ3v) is 2.96. The van der Waals surface area contributed by atoms with Crippen LogP contribution in [0.1, 0.15) is 5.56 Å². The maximum Gasteiger partial charge on any atom is 0.313 e. The first-order valence-corrected chi connectivity index (χ1v) is 7.43. The minimum atomic E-state index is -0.763. The summed E-state index contributed by atoms with van der Waals surface area (Å²) in [5.41, 5.74) is 1.60. The monoisotopic (exact) mass is 322 g/mol. The summed E-state index contributed by atoms with van der Waals surface area (Å²) >= 11 is 0. The summed E-state index contributed by atoms with van der Waals surface area (Å²) in [7, 11) is 7.55. The second-order valence-corrected chi connectivity index (χ2v) is 6.02. The van der Waals surface area contributed by atoms with Crippen molar-refractivity contribution in [2.45, 2.75) is 12.6 Å². The number of carbonyl (C=O) groups excluding carboxylic acids is 2. The Hall–Kier alpha value is -1.96. The quantitative estimate of drug-likeness (QED) is 0.602. The molecule has 0 aromatic heterocycles. The normalized spacial score (nSPS) is 12.3. The van der Waals surface area contributed by atoms with Crippen molar-refractivity contribution in [2.24, 2.45) is 0 Å². The van der Waals surface area contributed by atoms with Gasteiger partial charge in [-0.25, -0.2) is 0 Å². The number of nitrogens with zero attached hydrogens (tertiary/aromatic N) is 2. The van der Waals surface area contributed by atoms with Crippen LogP contribution in [0, 0.1) is 0 Å². The summed E-state index contributed by atoms with van der Waals surface area (Å²) in [6.07, 6.45) is -0.717. The fraction of sp³-hybridized carbons (Fsp3) is 0.500. The lowest BCUT2D eigenvalue weighted by atomic mass is 10.2. The molecule has 1 atom stereocenters. The molecule has 0 aliphatic heterocycles. The second-order valence-electron chi connectivity index (χ2n) is 6.02. The third-order valence-electron chi connectivity index (χ3n) is 2.96. The Bertz CT molecular complexity index is 532. The van der Waals surface area contributed by atoms with Gasteiger partial charge in [0.2, 0.25) is 0 Å². The molecule has 1 aromatic carbocycles. The molecule has 0 saturated carbocycles. The number of hydrogen-bond donors (Lipinski definition) is 3. The molecule has 1 unspecified atom stereocenters. The lowest BCUT2D eigenvalue weighted by molar-refractivity contribution is -0.136. The summed E-state index contributed by atoms with van der Waals surface area (Å²) in [6, 6.07) is 7.33. The molecule has 1 aromatic rings. The number of aliphatic hydroxyl groups excluding tert-OH is 1. The van der Waals surface area contributed by atoms with Gasteiger partial charge in [-0.05, 0) is 45.9 Å². The maximum atomic E-state index is 11.9. The Kier molecular flexibility index (Phi) is 7.67. The zero-order valence-electron chi connectivity index (χ0n) is 14.2. The van der Waals surface area contributed by atoms with Crippen molar-refractivity contribution in [1.29, 1.82) is 0 Å². The van der Waals surface area contributed by atoms with Gasteiger partial charge in [0.1, 0.15) is 0 Å². The Morgan fingerprint density at radius 3 is 2.43 bits per heavy atom. The summed E-state index contributed by atoms with van der Waals surface area (Å²) in [5, 5.41) is 14.6. The zero-order chi connectivity index (χ0) is 17.4. The van der Waals surface area contributed by atoms with E-state index in [9.17, 15) is 14.7 Å². The van der Waals surface area contributed by atoms with Gasteiger partial charge in [-0.1, -0.05) is 12.1 Å². The molecular weight excluding hydrogens is 296 g/mol. The molecule has 3 N–H and O–H groups in total. The molecule has 7 heteroatoms. The predicted molar refractivity (Wildman–Crippen MR) is 90.0 cm³/mol. The summed E-state index contributed by atoms with van der Waals surface area (Å²) in [4.78, 5) is 27.4. The van der Waals surface area contributed by atoms with Gasteiger partial charge in [0.25, 0.3) is 0 Å². The number of aliphatic hydroxyl groups is 1. The van der Waals surface area contributed by atoms with E-state index in [1.807, 2.05) is 51.3 Å². The smallest absolute Gasteiger partial charge is 0.313 e. The van der Waals surface area contributed by atoms with Crippen LogP contribution in [0.5, 0.6) is 0 Å². The molecule has 0 spiro atoms. The first-order valence-electron chi connectivity index (χ1n) is 7.43. The van der Waals surface area contributed by atoms with Gasteiger partial charge in [0.05, 0.1) is 6.10 Å². The molecule has 1 rings (SSSR count). The zero-order valence-corrected chi connectivity index (χ0v) is 14.2. The van der Waals surface area contributed by atoms with Crippen LogP contribution < -0.4 is 10.6 Å². The standard InChI is InChI=1S/C16H26N4O3/c1-19(2)10-12-6-5-7-13(8-12)18-16(23)15(22)17-9-14(21)11-20(3)4/h5-8,14,21H,9-11H2,1-4H3,(H,17,22)(H,18,23). The van der Waals surface area contributed by atoms with Crippen LogP contribution in [-0.2, 0) is 16.1 Å².